The molecule has 3 nitrogen and oxygen atoms in total. The van der Waals surface area contributed by atoms with Crippen LogP contribution in [0.25, 0.3) is 0 Å². The molecule has 0 atom stereocenters. The minimum atomic E-state index is -0.323. The van der Waals surface area contributed by atoms with Crippen LogP contribution < -0.4 is 5.73 Å². The van der Waals surface area contributed by atoms with E-state index in [0.29, 0.717) is 16.5 Å². The van der Waals surface area contributed by atoms with Crippen LogP contribution in [0.3, 0.4) is 0 Å². The molecule has 1 aliphatic carbocycles. The van der Waals surface area contributed by atoms with Gasteiger partial charge in [0.05, 0.1) is 11.7 Å². The van der Waals surface area contributed by atoms with Crippen molar-refractivity contribution in [2.24, 2.45) is 0 Å². The molecule has 1 saturated carbocycles. The highest BCUT2D eigenvalue weighted by Crippen LogP contribution is 2.36. The lowest BCUT2D eigenvalue weighted by molar-refractivity contribution is 0.0379. The molecule has 0 saturated heterocycles. The molecule has 0 aromatic heterocycles. The number of thioether (sulfide) groups is 1. The van der Waals surface area contributed by atoms with Crippen molar-refractivity contribution in [3.8, 4) is 0 Å². The predicted octanol–water partition coefficient (Wildman–Crippen LogP) is 4.57. The van der Waals surface area contributed by atoms with E-state index in [1.807, 2.05) is 38.6 Å². The first kappa shape index (κ1) is 16.2. The molecular weight excluding hydrogens is 282 g/mol. The van der Waals surface area contributed by atoms with Gasteiger partial charge in [-0.25, -0.2) is 4.79 Å². The van der Waals surface area contributed by atoms with Gasteiger partial charge in [0.25, 0.3) is 0 Å². The van der Waals surface area contributed by atoms with E-state index >= 15 is 0 Å². The number of ether oxygens (including phenoxy) is 1. The molecule has 0 heterocycles. The third-order valence-electron chi connectivity index (χ3n) is 3.78. The average molecular weight is 307 g/mol. The van der Waals surface area contributed by atoms with Gasteiger partial charge >= 0.3 is 5.97 Å². The highest BCUT2D eigenvalue weighted by Gasteiger charge is 2.19. The number of carbonyl (C=O) groups excluding carboxylic acids is 1. The maximum absolute atomic E-state index is 12.2. The monoisotopic (exact) mass is 307 g/mol. The summed E-state index contributed by atoms with van der Waals surface area (Å²) in [4.78, 5) is 13.3. The van der Waals surface area contributed by atoms with E-state index in [2.05, 4.69) is 6.07 Å². The largest absolute Gasteiger partial charge is 0.459 e. The number of carbonyl (C=O) groups is 1. The lowest BCUT2D eigenvalue weighted by Gasteiger charge is -2.21. The molecular formula is C17H25NO2S. The van der Waals surface area contributed by atoms with Crippen molar-refractivity contribution in [1.29, 1.82) is 0 Å². The average Bonchev–Trinajstić information content (AvgIpc) is 2.43. The zero-order chi connectivity index (χ0) is 15.4. The Morgan fingerprint density at radius 1 is 1.29 bits per heavy atom. The molecule has 1 aromatic rings. The van der Waals surface area contributed by atoms with Gasteiger partial charge in [-0.15, -0.1) is 11.8 Å². The number of aryl methyl sites for hydroxylation is 1. The number of nitrogens with two attached hydrogens (primary N) is 1. The number of nitrogen functional groups attached to an aromatic ring is 1. The van der Waals surface area contributed by atoms with E-state index < -0.39 is 0 Å². The number of hydrogen-bond donors (Lipinski definition) is 1. The second-order valence-electron chi connectivity index (χ2n) is 6.03. The molecule has 116 valence electrons. The summed E-state index contributed by atoms with van der Waals surface area (Å²) >= 11 is 1.87. The van der Waals surface area contributed by atoms with Crippen molar-refractivity contribution in [2.75, 3.05) is 5.73 Å². The van der Waals surface area contributed by atoms with Crippen LogP contribution in [-0.4, -0.2) is 17.3 Å². The smallest absolute Gasteiger partial charge is 0.340 e. The van der Waals surface area contributed by atoms with Gasteiger partial charge in [0.2, 0.25) is 0 Å². The van der Waals surface area contributed by atoms with E-state index in [1.54, 1.807) is 0 Å². The second kappa shape index (κ2) is 7.21. The SMILES string of the molecule is Cc1cc(SC2CCCCC2)cc(C(=O)OC(C)C)c1N. The van der Waals surface area contributed by atoms with Gasteiger partial charge < -0.3 is 10.5 Å². The molecule has 2 N–H and O–H groups in total. The molecule has 0 spiro atoms. The Hall–Kier alpha value is -1.16. The van der Waals surface area contributed by atoms with Crippen LogP contribution in [0.4, 0.5) is 5.69 Å². The Labute approximate surface area is 131 Å². The number of benzene rings is 1. The number of anilines is 1. The Balaban J connectivity index is 2.18. The van der Waals surface area contributed by atoms with Crippen molar-refractivity contribution in [1.82, 2.24) is 0 Å². The van der Waals surface area contributed by atoms with Crippen molar-refractivity contribution in [2.45, 2.75) is 69.1 Å². The molecule has 4 heteroatoms. The molecule has 1 aromatic carbocycles. The zero-order valence-corrected chi connectivity index (χ0v) is 14.0. The predicted molar refractivity (Wildman–Crippen MR) is 88.9 cm³/mol. The Morgan fingerprint density at radius 3 is 2.57 bits per heavy atom. The van der Waals surface area contributed by atoms with E-state index in [-0.39, 0.29) is 12.1 Å². The summed E-state index contributed by atoms with van der Waals surface area (Å²) in [6.45, 7) is 5.65. The van der Waals surface area contributed by atoms with Gasteiger partial charge in [-0.1, -0.05) is 19.3 Å². The van der Waals surface area contributed by atoms with Crippen LogP contribution in [0.1, 0.15) is 61.9 Å². The maximum Gasteiger partial charge on any atom is 0.340 e. The van der Waals surface area contributed by atoms with Crippen molar-refractivity contribution < 1.29 is 9.53 Å². The van der Waals surface area contributed by atoms with Crippen molar-refractivity contribution >= 4 is 23.4 Å². The molecule has 2 rings (SSSR count). The summed E-state index contributed by atoms with van der Waals surface area (Å²) in [6, 6.07) is 3.98. The third-order valence-corrected chi connectivity index (χ3v) is 5.09. The molecule has 0 radical (unpaired) electrons. The minimum Gasteiger partial charge on any atom is -0.459 e. The van der Waals surface area contributed by atoms with Crippen LogP contribution >= 0.6 is 11.8 Å². The van der Waals surface area contributed by atoms with Crippen LogP contribution in [0.15, 0.2) is 17.0 Å². The molecule has 0 unspecified atom stereocenters. The maximum atomic E-state index is 12.2. The topological polar surface area (TPSA) is 52.3 Å². The lowest BCUT2D eigenvalue weighted by atomic mass is 10.0. The van der Waals surface area contributed by atoms with Crippen LogP contribution in [0.5, 0.6) is 0 Å². The standard InChI is InChI=1S/C17H25NO2S/c1-11(2)20-17(19)15-10-14(9-12(3)16(15)18)21-13-7-5-4-6-8-13/h9-11,13H,4-8,18H2,1-3H3. The summed E-state index contributed by atoms with van der Waals surface area (Å²) in [7, 11) is 0. The zero-order valence-electron chi connectivity index (χ0n) is 13.1. The fourth-order valence-electron chi connectivity index (χ4n) is 2.66. The lowest BCUT2D eigenvalue weighted by Crippen LogP contribution is -2.14. The van der Waals surface area contributed by atoms with Crippen LogP contribution in [0.2, 0.25) is 0 Å². The number of hydrogen-bond acceptors (Lipinski definition) is 4. The second-order valence-corrected chi connectivity index (χ2v) is 7.41. The normalized spacial score (nSPS) is 16.2. The van der Waals surface area contributed by atoms with E-state index in [0.717, 1.165) is 10.5 Å². The summed E-state index contributed by atoms with van der Waals surface area (Å²) in [5.41, 5.74) is 8.04. The molecule has 1 fully saturated rings. The van der Waals surface area contributed by atoms with E-state index in [4.69, 9.17) is 10.5 Å². The number of rotatable bonds is 4. The summed E-state index contributed by atoms with van der Waals surface area (Å²) < 4.78 is 5.29. The first-order valence-electron chi connectivity index (χ1n) is 7.75. The Morgan fingerprint density at radius 2 is 1.95 bits per heavy atom. The Kier molecular flexibility index (Phi) is 5.57. The third kappa shape index (κ3) is 4.40. The first-order valence-corrected chi connectivity index (χ1v) is 8.63. The van der Waals surface area contributed by atoms with Crippen LogP contribution in [-0.2, 0) is 4.74 Å². The molecule has 1 aliphatic rings. The van der Waals surface area contributed by atoms with E-state index in [1.165, 1.54) is 32.1 Å². The highest BCUT2D eigenvalue weighted by molar-refractivity contribution is 8.00. The van der Waals surface area contributed by atoms with E-state index in [9.17, 15) is 4.79 Å². The number of esters is 1. The van der Waals surface area contributed by atoms with Crippen LogP contribution in [0, 0.1) is 6.92 Å². The first-order chi connectivity index (χ1) is 9.97. The minimum absolute atomic E-state index is 0.133. The van der Waals surface area contributed by atoms with Gasteiger partial charge in [0.15, 0.2) is 0 Å². The molecule has 0 bridgehead atoms. The van der Waals surface area contributed by atoms with Gasteiger partial charge in [-0.05, 0) is 51.3 Å². The van der Waals surface area contributed by atoms with Gasteiger partial charge in [-0.3, -0.25) is 0 Å². The molecule has 21 heavy (non-hydrogen) atoms. The van der Waals surface area contributed by atoms with Gasteiger partial charge in [0, 0.05) is 15.8 Å². The quantitative estimate of drug-likeness (QED) is 0.654. The van der Waals surface area contributed by atoms with Gasteiger partial charge in [-0.2, -0.15) is 0 Å². The molecule has 0 aliphatic heterocycles. The van der Waals surface area contributed by atoms with Gasteiger partial charge in [0.1, 0.15) is 0 Å². The highest BCUT2D eigenvalue weighted by atomic mass is 32.2. The fraction of sp³-hybridized carbons (Fsp3) is 0.588. The Bertz CT molecular complexity index is 508. The summed E-state index contributed by atoms with van der Waals surface area (Å²) in [5, 5.41) is 0.663. The fourth-order valence-corrected chi connectivity index (χ4v) is 4.04. The molecule has 0 amide bonds. The van der Waals surface area contributed by atoms with Crippen molar-refractivity contribution in [3.63, 3.8) is 0 Å². The van der Waals surface area contributed by atoms with Crippen molar-refractivity contribution in [3.05, 3.63) is 23.3 Å². The summed E-state index contributed by atoms with van der Waals surface area (Å²) in [5.74, 6) is -0.323. The summed E-state index contributed by atoms with van der Waals surface area (Å²) in [6.07, 6.45) is 6.37.